The maximum absolute atomic E-state index is 13.0. The molecule has 202 valence electrons. The fourth-order valence-corrected chi connectivity index (χ4v) is 6.49. The highest BCUT2D eigenvalue weighted by molar-refractivity contribution is 7.84. The van der Waals surface area contributed by atoms with Crippen LogP contribution in [-0.2, 0) is 34.7 Å². The number of aromatic nitrogens is 3. The number of hydrogen-bond donors (Lipinski definition) is 1. The highest BCUT2D eigenvalue weighted by Crippen LogP contribution is 2.36. The van der Waals surface area contributed by atoms with E-state index in [0.29, 0.717) is 24.7 Å². The third-order valence-electron chi connectivity index (χ3n) is 7.37. The van der Waals surface area contributed by atoms with Crippen LogP contribution in [0, 0.1) is 6.92 Å². The highest BCUT2D eigenvalue weighted by Gasteiger charge is 2.32. The van der Waals surface area contributed by atoms with Crippen LogP contribution in [0.1, 0.15) is 53.0 Å². The van der Waals surface area contributed by atoms with Crippen LogP contribution in [0.2, 0.25) is 0 Å². The largest absolute Gasteiger partial charge is 0.494 e. The van der Waals surface area contributed by atoms with Crippen molar-refractivity contribution >= 4 is 27.3 Å². The standard InChI is InChI=1S/C28H28N4O6S/c1-18-23-8-9-25-28(18)29-30-32(25)11-2-3-12-37-22-7-10-26-21(14-22)17-31(39(35,36)38-26)16-19-5-4-6-20(13-19)24(23)15-27(33)34/h4-10,13-14,24H,2-3,11-12,15-17H2,1H3,(H,33,34). The number of carboxylic acids is 1. The number of carbonyl (C=O) groups is 1. The van der Waals surface area contributed by atoms with Crippen molar-refractivity contribution < 1.29 is 27.2 Å². The average Bonchev–Trinajstić information content (AvgIpc) is 3.31. The molecule has 11 heteroatoms. The minimum Gasteiger partial charge on any atom is -0.494 e. The summed E-state index contributed by atoms with van der Waals surface area (Å²) in [6.45, 7) is 3.33. The van der Waals surface area contributed by atoms with Gasteiger partial charge < -0.3 is 14.0 Å². The van der Waals surface area contributed by atoms with Crippen LogP contribution in [0.15, 0.2) is 54.6 Å². The lowest BCUT2D eigenvalue weighted by Crippen LogP contribution is -2.37. The van der Waals surface area contributed by atoms with Gasteiger partial charge in [0, 0.05) is 31.1 Å². The monoisotopic (exact) mass is 548 g/mol. The topological polar surface area (TPSA) is 124 Å². The first-order valence-electron chi connectivity index (χ1n) is 12.9. The van der Waals surface area contributed by atoms with Gasteiger partial charge in [-0.15, -0.1) is 5.10 Å². The summed E-state index contributed by atoms with van der Waals surface area (Å²) in [6.07, 6.45) is 1.50. The lowest BCUT2D eigenvalue weighted by Gasteiger charge is -2.28. The number of nitrogens with zero attached hydrogens (tertiary/aromatic N) is 4. The zero-order valence-corrected chi connectivity index (χ0v) is 22.2. The third kappa shape index (κ3) is 4.95. The van der Waals surface area contributed by atoms with Crippen LogP contribution in [0.3, 0.4) is 0 Å². The molecule has 0 fully saturated rings. The molecule has 10 nitrogen and oxygen atoms in total. The van der Waals surface area contributed by atoms with E-state index in [1.165, 1.54) is 4.31 Å². The van der Waals surface area contributed by atoms with Crippen LogP contribution in [0.25, 0.3) is 11.0 Å². The second-order valence-electron chi connectivity index (χ2n) is 9.99. The molecular weight excluding hydrogens is 520 g/mol. The molecule has 2 atom stereocenters. The van der Waals surface area contributed by atoms with E-state index in [1.807, 2.05) is 54.1 Å². The van der Waals surface area contributed by atoms with Crippen molar-refractivity contribution in [1.29, 1.82) is 0 Å². The average molecular weight is 549 g/mol. The van der Waals surface area contributed by atoms with E-state index in [4.69, 9.17) is 8.92 Å². The van der Waals surface area contributed by atoms with E-state index >= 15 is 0 Å². The second-order valence-corrected chi connectivity index (χ2v) is 11.5. The number of aryl methyl sites for hydroxylation is 2. The van der Waals surface area contributed by atoms with Crippen LogP contribution >= 0.6 is 0 Å². The summed E-state index contributed by atoms with van der Waals surface area (Å²) >= 11 is 0. The van der Waals surface area contributed by atoms with Gasteiger partial charge in [0.2, 0.25) is 0 Å². The van der Waals surface area contributed by atoms with Gasteiger partial charge in [0.15, 0.2) is 0 Å². The molecule has 4 aromatic rings. The molecular formula is C28H28N4O6S. The summed E-state index contributed by atoms with van der Waals surface area (Å²) in [5.74, 6) is -0.425. The number of ether oxygens (including phenoxy) is 1. The first-order valence-corrected chi connectivity index (χ1v) is 14.2. The van der Waals surface area contributed by atoms with Crippen LogP contribution in [-0.4, -0.2) is 45.4 Å². The number of rotatable bonds is 2. The SMILES string of the molecule is Cc1c2ccc3c1nnn3CCCCOc1ccc3c(c1)CN(Cc1cccc(c1)C2CC(=O)O)S(=O)(=O)O3. The van der Waals surface area contributed by atoms with Gasteiger partial charge in [-0.05, 0) is 66.3 Å². The summed E-state index contributed by atoms with van der Waals surface area (Å²) in [7, 11) is -4.01. The van der Waals surface area contributed by atoms with E-state index in [2.05, 4.69) is 10.3 Å². The zero-order chi connectivity index (χ0) is 27.1. The van der Waals surface area contributed by atoms with Crippen LogP contribution in [0.5, 0.6) is 11.5 Å². The molecule has 0 amide bonds. The van der Waals surface area contributed by atoms with Gasteiger partial charge in [-0.3, -0.25) is 4.79 Å². The molecule has 1 aromatic heterocycles. The quantitative estimate of drug-likeness (QED) is 0.396. The molecule has 0 saturated carbocycles. The first kappa shape index (κ1) is 25.3. The van der Waals surface area contributed by atoms with Gasteiger partial charge in [0.1, 0.15) is 17.0 Å². The Hall–Kier alpha value is -3.96. The van der Waals surface area contributed by atoms with Gasteiger partial charge >= 0.3 is 16.3 Å². The lowest BCUT2D eigenvalue weighted by molar-refractivity contribution is -0.137. The number of carboxylic acid groups (broad SMARTS) is 1. The van der Waals surface area contributed by atoms with Crippen LogP contribution < -0.4 is 8.92 Å². The first-order chi connectivity index (χ1) is 18.8. The van der Waals surface area contributed by atoms with Crippen molar-refractivity contribution in [3.63, 3.8) is 0 Å². The Morgan fingerprint density at radius 1 is 1.10 bits per heavy atom. The predicted molar refractivity (Wildman–Crippen MR) is 143 cm³/mol. The molecule has 3 aromatic carbocycles. The van der Waals surface area contributed by atoms with Crippen molar-refractivity contribution in [2.45, 2.75) is 51.7 Å². The maximum Gasteiger partial charge on any atom is 0.385 e. The lowest BCUT2D eigenvalue weighted by atomic mass is 9.85. The molecule has 9 bridgehead atoms. The molecule has 1 N–H and O–H groups in total. The van der Waals surface area contributed by atoms with E-state index in [9.17, 15) is 18.3 Å². The summed E-state index contributed by atoms with van der Waals surface area (Å²) in [6, 6.07) is 16.5. The molecule has 7 rings (SSSR count). The molecule has 0 saturated heterocycles. The number of fused-ring (bicyclic) bond motifs is 5. The second kappa shape index (κ2) is 9.97. The Kier molecular flexibility index (Phi) is 6.48. The van der Waals surface area contributed by atoms with Crippen molar-refractivity contribution in [2.24, 2.45) is 0 Å². The minimum atomic E-state index is -4.01. The van der Waals surface area contributed by atoms with Crippen molar-refractivity contribution in [1.82, 2.24) is 19.3 Å². The molecule has 4 heterocycles. The van der Waals surface area contributed by atoms with Crippen molar-refractivity contribution in [2.75, 3.05) is 6.61 Å². The molecule has 39 heavy (non-hydrogen) atoms. The van der Waals surface area contributed by atoms with Gasteiger partial charge in [0.25, 0.3) is 0 Å². The molecule has 0 spiro atoms. The van der Waals surface area contributed by atoms with Crippen molar-refractivity contribution in [3.05, 3.63) is 82.4 Å². The number of aliphatic carboxylic acids is 1. The third-order valence-corrected chi connectivity index (χ3v) is 8.65. The normalized spacial score (nSPS) is 20.4. The zero-order valence-electron chi connectivity index (χ0n) is 21.4. The van der Waals surface area contributed by atoms with Gasteiger partial charge in [-0.25, -0.2) is 4.68 Å². The summed E-state index contributed by atoms with van der Waals surface area (Å²) in [5.41, 5.74) is 5.61. The fraction of sp³-hybridized carbons (Fsp3) is 0.321. The number of hydrogen-bond acceptors (Lipinski definition) is 7. The summed E-state index contributed by atoms with van der Waals surface area (Å²) in [5, 5.41) is 18.6. The fourth-order valence-electron chi connectivity index (χ4n) is 5.39. The smallest absolute Gasteiger partial charge is 0.385 e. The van der Waals surface area contributed by atoms with E-state index in [-0.39, 0.29) is 19.5 Å². The molecule has 0 radical (unpaired) electrons. The Balaban J connectivity index is 1.45. The summed E-state index contributed by atoms with van der Waals surface area (Å²) in [4.78, 5) is 11.9. The Labute approximate surface area is 226 Å². The molecule has 3 aliphatic heterocycles. The Morgan fingerprint density at radius 3 is 2.82 bits per heavy atom. The minimum absolute atomic E-state index is 0.0762. The van der Waals surface area contributed by atoms with E-state index in [1.54, 1.807) is 12.1 Å². The maximum atomic E-state index is 13.0. The summed E-state index contributed by atoms with van der Waals surface area (Å²) < 4.78 is 40.4. The van der Waals surface area contributed by atoms with Crippen molar-refractivity contribution in [3.8, 4) is 11.5 Å². The molecule has 0 aliphatic carbocycles. The van der Waals surface area contributed by atoms with Gasteiger partial charge in [0.05, 0.1) is 18.5 Å². The van der Waals surface area contributed by atoms with E-state index in [0.717, 1.165) is 51.7 Å². The highest BCUT2D eigenvalue weighted by atomic mass is 32.2. The van der Waals surface area contributed by atoms with Gasteiger partial charge in [-0.2, -0.15) is 12.7 Å². The molecule has 2 unspecified atom stereocenters. The van der Waals surface area contributed by atoms with Gasteiger partial charge in [-0.1, -0.05) is 35.5 Å². The molecule has 3 aliphatic rings. The Morgan fingerprint density at radius 2 is 1.97 bits per heavy atom. The number of benzene rings is 3. The predicted octanol–water partition coefficient (Wildman–Crippen LogP) is 4.16. The van der Waals surface area contributed by atoms with Crippen LogP contribution in [0.4, 0.5) is 0 Å². The van der Waals surface area contributed by atoms with E-state index < -0.39 is 22.2 Å². The Bertz CT molecular complexity index is 1680.